The fourth-order valence-corrected chi connectivity index (χ4v) is 1.45. The van der Waals surface area contributed by atoms with Crippen LogP contribution in [0.15, 0.2) is 12.8 Å². The first kappa shape index (κ1) is 7.61. The van der Waals surface area contributed by atoms with Gasteiger partial charge in [-0.2, -0.15) is 0 Å². The third-order valence-corrected chi connectivity index (χ3v) is 2.13. The predicted octanol–water partition coefficient (Wildman–Crippen LogP) is 0.989. The minimum atomic E-state index is 0.447. The van der Waals surface area contributed by atoms with Crippen LogP contribution in [0.4, 0.5) is 0 Å². The molecule has 1 rings (SSSR count). The summed E-state index contributed by atoms with van der Waals surface area (Å²) in [5.41, 5.74) is 5.74. The summed E-state index contributed by atoms with van der Waals surface area (Å²) in [6.07, 6.45) is 6.50. The zero-order valence-corrected chi connectivity index (χ0v) is 6.34. The van der Waals surface area contributed by atoms with Crippen molar-refractivity contribution in [3.63, 3.8) is 0 Å². The summed E-state index contributed by atoms with van der Waals surface area (Å²) >= 11 is 0. The fraction of sp³-hybridized carbons (Fsp3) is 0.750. The highest BCUT2D eigenvalue weighted by Gasteiger charge is 2.16. The van der Waals surface area contributed by atoms with Gasteiger partial charge in [-0.05, 0) is 31.9 Å². The molecule has 58 valence electrons. The van der Waals surface area contributed by atoms with Gasteiger partial charge in [-0.1, -0.05) is 6.58 Å². The van der Waals surface area contributed by atoms with E-state index in [4.69, 9.17) is 5.73 Å². The third kappa shape index (κ3) is 2.03. The van der Waals surface area contributed by atoms with Crippen molar-refractivity contribution >= 4 is 0 Å². The highest BCUT2D eigenvalue weighted by atomic mass is 14.9. The first-order valence-corrected chi connectivity index (χ1v) is 3.95. The van der Waals surface area contributed by atoms with E-state index in [1.54, 1.807) is 6.20 Å². The number of hydrogen-bond donors (Lipinski definition) is 2. The van der Waals surface area contributed by atoms with Gasteiger partial charge in [0.25, 0.3) is 0 Å². The number of nitrogens with one attached hydrogen (secondary N) is 1. The summed E-state index contributed by atoms with van der Waals surface area (Å²) in [4.78, 5) is 0. The lowest BCUT2D eigenvalue weighted by Gasteiger charge is -2.25. The zero-order chi connectivity index (χ0) is 7.40. The van der Waals surface area contributed by atoms with E-state index in [0.29, 0.717) is 12.1 Å². The first-order valence-electron chi connectivity index (χ1n) is 3.95. The molecule has 0 aliphatic heterocycles. The Morgan fingerprint density at radius 1 is 1.30 bits per heavy atom. The van der Waals surface area contributed by atoms with E-state index in [2.05, 4.69) is 11.9 Å². The molecule has 10 heavy (non-hydrogen) atoms. The molecule has 0 radical (unpaired) electrons. The van der Waals surface area contributed by atoms with Gasteiger partial charge < -0.3 is 11.1 Å². The van der Waals surface area contributed by atoms with Crippen molar-refractivity contribution in [3.8, 4) is 0 Å². The van der Waals surface area contributed by atoms with Crippen molar-refractivity contribution in [2.75, 3.05) is 0 Å². The maximum Gasteiger partial charge on any atom is 0.0256 e. The molecule has 0 heterocycles. The van der Waals surface area contributed by atoms with Crippen molar-refractivity contribution in [1.82, 2.24) is 5.32 Å². The minimum absolute atomic E-state index is 0.447. The van der Waals surface area contributed by atoms with Crippen LogP contribution in [0.2, 0.25) is 0 Å². The van der Waals surface area contributed by atoms with Crippen LogP contribution in [0.3, 0.4) is 0 Å². The predicted molar refractivity (Wildman–Crippen MR) is 43.6 cm³/mol. The van der Waals surface area contributed by atoms with Crippen molar-refractivity contribution in [1.29, 1.82) is 0 Å². The van der Waals surface area contributed by atoms with Gasteiger partial charge in [0, 0.05) is 12.1 Å². The van der Waals surface area contributed by atoms with Crippen molar-refractivity contribution < 1.29 is 0 Å². The average Bonchev–Trinajstić information content (AvgIpc) is 1.95. The van der Waals surface area contributed by atoms with E-state index in [1.807, 2.05) is 0 Å². The van der Waals surface area contributed by atoms with Crippen LogP contribution in [0, 0.1) is 0 Å². The Morgan fingerprint density at radius 3 is 2.40 bits per heavy atom. The second-order valence-corrected chi connectivity index (χ2v) is 2.98. The molecule has 2 heteroatoms. The van der Waals surface area contributed by atoms with E-state index in [1.165, 1.54) is 12.8 Å². The van der Waals surface area contributed by atoms with Crippen molar-refractivity contribution in [2.24, 2.45) is 5.73 Å². The van der Waals surface area contributed by atoms with Gasteiger partial charge in [0.15, 0.2) is 0 Å². The first-order chi connectivity index (χ1) is 4.83. The molecule has 2 nitrogen and oxygen atoms in total. The summed E-state index contributed by atoms with van der Waals surface area (Å²) in [5, 5.41) is 3.21. The SMILES string of the molecule is C=CNC1CCC(N)CC1. The average molecular weight is 140 g/mol. The molecule has 1 saturated carbocycles. The Balaban J connectivity index is 2.19. The van der Waals surface area contributed by atoms with Crippen molar-refractivity contribution in [2.45, 2.75) is 37.8 Å². The Labute approximate surface area is 62.5 Å². The quantitative estimate of drug-likeness (QED) is 0.600. The van der Waals surface area contributed by atoms with Crippen LogP contribution in [0.25, 0.3) is 0 Å². The highest BCUT2D eigenvalue weighted by molar-refractivity contribution is 4.81. The largest absolute Gasteiger partial charge is 0.389 e. The summed E-state index contributed by atoms with van der Waals surface area (Å²) in [5.74, 6) is 0. The van der Waals surface area contributed by atoms with E-state index in [9.17, 15) is 0 Å². The van der Waals surface area contributed by atoms with Gasteiger partial charge >= 0.3 is 0 Å². The molecule has 0 aromatic carbocycles. The second-order valence-electron chi connectivity index (χ2n) is 2.98. The molecule has 1 aliphatic rings. The van der Waals surface area contributed by atoms with Crippen LogP contribution in [0.5, 0.6) is 0 Å². The molecule has 3 N–H and O–H groups in total. The summed E-state index contributed by atoms with van der Waals surface area (Å²) in [7, 11) is 0. The van der Waals surface area contributed by atoms with E-state index in [0.717, 1.165) is 12.8 Å². The minimum Gasteiger partial charge on any atom is -0.389 e. The molecule has 0 bridgehead atoms. The van der Waals surface area contributed by atoms with E-state index < -0.39 is 0 Å². The zero-order valence-electron chi connectivity index (χ0n) is 6.34. The Hall–Kier alpha value is -0.500. The molecular weight excluding hydrogens is 124 g/mol. The van der Waals surface area contributed by atoms with Crippen LogP contribution in [-0.2, 0) is 0 Å². The highest BCUT2D eigenvalue weighted by Crippen LogP contribution is 2.16. The summed E-state index contributed by atoms with van der Waals surface area (Å²) < 4.78 is 0. The van der Waals surface area contributed by atoms with E-state index in [-0.39, 0.29) is 0 Å². The van der Waals surface area contributed by atoms with Gasteiger partial charge in [-0.3, -0.25) is 0 Å². The lowest BCUT2D eigenvalue weighted by atomic mass is 9.92. The normalized spacial score (nSPS) is 33.3. The molecule has 0 atom stereocenters. The van der Waals surface area contributed by atoms with Gasteiger partial charge in [0.05, 0.1) is 0 Å². The summed E-state index contributed by atoms with van der Waals surface area (Å²) in [6, 6.07) is 1.08. The van der Waals surface area contributed by atoms with Crippen LogP contribution in [-0.4, -0.2) is 12.1 Å². The topological polar surface area (TPSA) is 38.0 Å². The maximum absolute atomic E-state index is 5.74. The molecular formula is C8H16N2. The number of nitrogens with two attached hydrogens (primary N) is 1. The Bertz CT molecular complexity index is 104. The van der Waals surface area contributed by atoms with Gasteiger partial charge in [-0.15, -0.1) is 0 Å². The lowest BCUT2D eigenvalue weighted by Crippen LogP contribution is -2.34. The molecule has 0 aromatic rings. The maximum atomic E-state index is 5.74. The molecule has 1 fully saturated rings. The molecule has 0 aromatic heterocycles. The monoisotopic (exact) mass is 140 g/mol. The van der Waals surface area contributed by atoms with Crippen molar-refractivity contribution in [3.05, 3.63) is 12.8 Å². The molecule has 0 spiro atoms. The van der Waals surface area contributed by atoms with Gasteiger partial charge in [0.2, 0.25) is 0 Å². The standard InChI is InChI=1S/C8H16N2/c1-2-10-8-5-3-7(9)4-6-8/h2,7-8,10H,1,3-6,9H2. The van der Waals surface area contributed by atoms with Gasteiger partial charge in [0.1, 0.15) is 0 Å². The fourth-order valence-electron chi connectivity index (χ4n) is 1.45. The van der Waals surface area contributed by atoms with Gasteiger partial charge in [-0.25, -0.2) is 0 Å². The Kier molecular flexibility index (Phi) is 2.75. The van der Waals surface area contributed by atoms with Crippen LogP contribution in [0.1, 0.15) is 25.7 Å². The van der Waals surface area contributed by atoms with E-state index >= 15 is 0 Å². The molecule has 0 saturated heterocycles. The third-order valence-electron chi connectivity index (χ3n) is 2.13. The second kappa shape index (κ2) is 3.62. The molecule has 0 amide bonds. The molecule has 1 aliphatic carbocycles. The van der Waals surface area contributed by atoms with Crippen LogP contribution < -0.4 is 11.1 Å². The lowest BCUT2D eigenvalue weighted by molar-refractivity contribution is 0.366. The number of hydrogen-bond acceptors (Lipinski definition) is 2. The Morgan fingerprint density at radius 2 is 1.90 bits per heavy atom. The molecule has 0 unspecified atom stereocenters. The van der Waals surface area contributed by atoms with Crippen LogP contribution >= 0.6 is 0 Å². The number of rotatable bonds is 2. The smallest absolute Gasteiger partial charge is 0.0256 e. The summed E-state index contributed by atoms with van der Waals surface area (Å²) in [6.45, 7) is 3.63.